The second-order valence-electron chi connectivity index (χ2n) is 8.33. The highest BCUT2D eigenvalue weighted by molar-refractivity contribution is 6.30. The van der Waals surface area contributed by atoms with E-state index in [0.717, 1.165) is 24.0 Å². The number of hydrogen-bond donors (Lipinski definition) is 2. The van der Waals surface area contributed by atoms with Gasteiger partial charge in [0.25, 0.3) is 0 Å². The van der Waals surface area contributed by atoms with Gasteiger partial charge >= 0.3 is 0 Å². The Labute approximate surface area is 200 Å². The maximum atomic E-state index is 13.1. The minimum atomic E-state index is -0.325. The molecule has 4 heteroatoms. The summed E-state index contributed by atoms with van der Waals surface area (Å²) in [6.07, 6.45) is 2.47. The minimum absolute atomic E-state index is 0.0267. The molecule has 1 atom stereocenters. The van der Waals surface area contributed by atoms with Gasteiger partial charge in [0.05, 0.1) is 6.04 Å². The average Bonchev–Trinajstić information content (AvgIpc) is 2.86. The SMILES string of the molecule is O=C(NCCCc1ccccc1)[C@H](Cc1ccc(Cl)cc1)NCc1ccc2ccccc2c1. The molecule has 4 rings (SSSR count). The Morgan fingerprint density at radius 2 is 1.45 bits per heavy atom. The van der Waals surface area contributed by atoms with Crippen molar-refractivity contribution in [1.29, 1.82) is 0 Å². The number of nitrogens with one attached hydrogen (secondary N) is 2. The molecule has 4 aromatic carbocycles. The quantitative estimate of drug-likeness (QED) is 0.290. The van der Waals surface area contributed by atoms with E-state index in [2.05, 4.69) is 53.1 Å². The van der Waals surface area contributed by atoms with E-state index in [1.54, 1.807) is 0 Å². The first kappa shape index (κ1) is 23.0. The van der Waals surface area contributed by atoms with Gasteiger partial charge in [-0.2, -0.15) is 0 Å². The summed E-state index contributed by atoms with van der Waals surface area (Å²) in [5.41, 5.74) is 3.53. The monoisotopic (exact) mass is 456 g/mol. The summed E-state index contributed by atoms with van der Waals surface area (Å²) >= 11 is 6.04. The number of halogens is 1. The molecular weight excluding hydrogens is 428 g/mol. The van der Waals surface area contributed by atoms with Crippen LogP contribution in [0.1, 0.15) is 23.1 Å². The number of amides is 1. The Bertz CT molecular complexity index is 1180. The highest BCUT2D eigenvalue weighted by Gasteiger charge is 2.18. The molecule has 0 aliphatic carbocycles. The fraction of sp³-hybridized carbons (Fsp3) is 0.207. The number of fused-ring (bicyclic) bond motifs is 1. The first-order chi connectivity index (χ1) is 16.2. The molecule has 0 saturated heterocycles. The number of carbonyl (C=O) groups excluding carboxylic acids is 1. The van der Waals surface area contributed by atoms with Crippen LogP contribution in [0.3, 0.4) is 0 Å². The first-order valence-corrected chi connectivity index (χ1v) is 11.8. The predicted octanol–water partition coefficient (Wildman–Crippen LogP) is 5.94. The molecular formula is C29H29ClN2O. The number of aryl methyl sites for hydroxylation is 1. The Kier molecular flexibility index (Phi) is 8.13. The van der Waals surface area contributed by atoms with Gasteiger partial charge in [0, 0.05) is 18.1 Å². The summed E-state index contributed by atoms with van der Waals surface area (Å²) in [4.78, 5) is 13.1. The summed E-state index contributed by atoms with van der Waals surface area (Å²) in [5.74, 6) is 0.0267. The largest absolute Gasteiger partial charge is 0.355 e. The summed E-state index contributed by atoms with van der Waals surface area (Å²) in [6, 6.07) is 32.5. The summed E-state index contributed by atoms with van der Waals surface area (Å²) < 4.78 is 0. The van der Waals surface area contributed by atoms with E-state index in [0.29, 0.717) is 24.5 Å². The van der Waals surface area contributed by atoms with Gasteiger partial charge in [0.2, 0.25) is 5.91 Å². The molecule has 0 aliphatic rings. The fourth-order valence-electron chi connectivity index (χ4n) is 3.98. The second kappa shape index (κ2) is 11.6. The summed E-state index contributed by atoms with van der Waals surface area (Å²) in [6.45, 7) is 1.28. The molecule has 0 radical (unpaired) electrons. The lowest BCUT2D eigenvalue weighted by atomic mass is 10.0. The average molecular weight is 457 g/mol. The van der Waals surface area contributed by atoms with Crippen LogP contribution in [-0.2, 0) is 24.2 Å². The topological polar surface area (TPSA) is 41.1 Å². The molecule has 0 bridgehead atoms. The Hall–Kier alpha value is -3.14. The number of benzene rings is 4. The number of hydrogen-bond acceptors (Lipinski definition) is 2. The number of rotatable bonds is 10. The maximum Gasteiger partial charge on any atom is 0.237 e. The molecule has 168 valence electrons. The summed E-state index contributed by atoms with van der Waals surface area (Å²) in [7, 11) is 0. The van der Waals surface area contributed by atoms with Gasteiger partial charge < -0.3 is 10.6 Å². The fourth-order valence-corrected chi connectivity index (χ4v) is 4.10. The van der Waals surface area contributed by atoms with Gasteiger partial charge in [-0.15, -0.1) is 0 Å². The van der Waals surface area contributed by atoms with Gasteiger partial charge in [-0.3, -0.25) is 4.79 Å². The lowest BCUT2D eigenvalue weighted by molar-refractivity contribution is -0.123. The molecule has 0 spiro atoms. The van der Waals surface area contributed by atoms with Crippen LogP contribution < -0.4 is 10.6 Å². The van der Waals surface area contributed by atoms with E-state index in [-0.39, 0.29) is 11.9 Å². The van der Waals surface area contributed by atoms with E-state index in [1.807, 2.05) is 54.6 Å². The Morgan fingerprint density at radius 1 is 0.758 bits per heavy atom. The van der Waals surface area contributed by atoms with Crippen molar-refractivity contribution in [2.75, 3.05) is 6.54 Å². The third-order valence-corrected chi connectivity index (χ3v) is 6.07. The molecule has 0 unspecified atom stereocenters. The van der Waals surface area contributed by atoms with Crippen molar-refractivity contribution in [2.45, 2.75) is 31.8 Å². The molecule has 0 aromatic heterocycles. The van der Waals surface area contributed by atoms with Gasteiger partial charge in [-0.05, 0) is 64.9 Å². The van der Waals surface area contributed by atoms with E-state index >= 15 is 0 Å². The van der Waals surface area contributed by atoms with Crippen LogP contribution in [0.2, 0.25) is 5.02 Å². The van der Waals surface area contributed by atoms with Crippen molar-refractivity contribution < 1.29 is 4.79 Å². The number of carbonyl (C=O) groups is 1. The van der Waals surface area contributed by atoms with Crippen LogP contribution >= 0.6 is 11.6 Å². The third kappa shape index (κ3) is 6.92. The molecule has 0 fully saturated rings. The zero-order valence-corrected chi connectivity index (χ0v) is 19.4. The van der Waals surface area contributed by atoms with Gasteiger partial charge in [0.1, 0.15) is 0 Å². The van der Waals surface area contributed by atoms with Gasteiger partial charge in [-0.1, -0.05) is 90.5 Å². The van der Waals surface area contributed by atoms with Gasteiger partial charge in [0.15, 0.2) is 0 Å². The summed E-state index contributed by atoms with van der Waals surface area (Å²) in [5, 5.41) is 9.72. The normalized spacial score (nSPS) is 11.9. The van der Waals surface area contributed by atoms with Crippen LogP contribution in [-0.4, -0.2) is 18.5 Å². The van der Waals surface area contributed by atoms with Crippen molar-refractivity contribution in [3.05, 3.63) is 119 Å². The third-order valence-electron chi connectivity index (χ3n) is 5.82. The first-order valence-electron chi connectivity index (χ1n) is 11.4. The van der Waals surface area contributed by atoms with Crippen LogP contribution in [0.25, 0.3) is 10.8 Å². The molecule has 0 aliphatic heterocycles. The molecule has 3 nitrogen and oxygen atoms in total. The van der Waals surface area contributed by atoms with Crippen molar-refractivity contribution in [3.8, 4) is 0 Å². The van der Waals surface area contributed by atoms with Crippen molar-refractivity contribution >= 4 is 28.3 Å². The maximum absolute atomic E-state index is 13.1. The van der Waals surface area contributed by atoms with Gasteiger partial charge in [-0.25, -0.2) is 0 Å². The van der Waals surface area contributed by atoms with E-state index in [1.165, 1.54) is 16.3 Å². The minimum Gasteiger partial charge on any atom is -0.355 e. The van der Waals surface area contributed by atoms with E-state index in [4.69, 9.17) is 11.6 Å². The predicted molar refractivity (Wildman–Crippen MR) is 138 cm³/mol. The van der Waals surface area contributed by atoms with Crippen LogP contribution in [0, 0.1) is 0 Å². The van der Waals surface area contributed by atoms with Crippen molar-refractivity contribution in [3.63, 3.8) is 0 Å². The molecule has 0 saturated carbocycles. The molecule has 0 heterocycles. The lowest BCUT2D eigenvalue weighted by Gasteiger charge is -2.19. The van der Waals surface area contributed by atoms with Crippen LogP contribution in [0.4, 0.5) is 0 Å². The molecule has 4 aromatic rings. The second-order valence-corrected chi connectivity index (χ2v) is 8.76. The smallest absolute Gasteiger partial charge is 0.237 e. The lowest BCUT2D eigenvalue weighted by Crippen LogP contribution is -2.45. The highest BCUT2D eigenvalue weighted by Crippen LogP contribution is 2.16. The molecule has 1 amide bonds. The zero-order valence-electron chi connectivity index (χ0n) is 18.6. The van der Waals surface area contributed by atoms with Crippen molar-refractivity contribution in [1.82, 2.24) is 10.6 Å². The molecule has 2 N–H and O–H groups in total. The Balaban J connectivity index is 1.37. The van der Waals surface area contributed by atoms with E-state index < -0.39 is 0 Å². The highest BCUT2D eigenvalue weighted by atomic mass is 35.5. The zero-order chi connectivity index (χ0) is 22.9. The van der Waals surface area contributed by atoms with Crippen molar-refractivity contribution in [2.24, 2.45) is 0 Å². The van der Waals surface area contributed by atoms with Crippen LogP contribution in [0.15, 0.2) is 97.1 Å². The van der Waals surface area contributed by atoms with E-state index in [9.17, 15) is 4.79 Å². The Morgan fingerprint density at radius 3 is 2.24 bits per heavy atom. The van der Waals surface area contributed by atoms with Crippen LogP contribution in [0.5, 0.6) is 0 Å². The molecule has 33 heavy (non-hydrogen) atoms. The standard InChI is InChI=1S/C29H29ClN2O/c30-27-16-13-23(14-17-27)20-28(29(33)31-18-6-9-22-7-2-1-3-8-22)32-21-24-12-15-25-10-4-5-11-26(25)19-24/h1-5,7-8,10-17,19,28,32H,6,9,18,20-21H2,(H,31,33)/t28-/m0/s1.